The first-order chi connectivity index (χ1) is 12.6. The molecular formula is C20H25N5O. The average Bonchev–Trinajstić information content (AvgIpc) is 3.05. The number of hydrogen-bond acceptors (Lipinski definition) is 4. The lowest BCUT2D eigenvalue weighted by Crippen LogP contribution is -2.26. The molecule has 6 nitrogen and oxygen atoms in total. The number of carbonyl (C=O) groups excluding carboxylic acids is 1. The van der Waals surface area contributed by atoms with Gasteiger partial charge in [0, 0.05) is 36.3 Å². The van der Waals surface area contributed by atoms with Crippen LogP contribution in [-0.2, 0) is 6.42 Å². The molecule has 0 aliphatic heterocycles. The molecule has 3 rings (SSSR count). The van der Waals surface area contributed by atoms with E-state index in [1.54, 1.807) is 6.07 Å². The smallest absolute Gasteiger partial charge is 0.270 e. The summed E-state index contributed by atoms with van der Waals surface area (Å²) in [5, 5.41) is 7.36. The molecule has 3 aromatic rings. The number of aromatic nitrogens is 3. The van der Waals surface area contributed by atoms with E-state index in [4.69, 9.17) is 0 Å². The van der Waals surface area contributed by atoms with Crippen molar-refractivity contribution in [2.24, 2.45) is 5.92 Å². The molecule has 2 heterocycles. The quantitative estimate of drug-likeness (QED) is 0.581. The number of fused-ring (bicyclic) bond motifs is 1. The number of aromatic amines is 1. The van der Waals surface area contributed by atoms with Crippen molar-refractivity contribution in [2.75, 3.05) is 18.4 Å². The van der Waals surface area contributed by atoms with Crippen LogP contribution in [0.15, 0.2) is 42.9 Å². The van der Waals surface area contributed by atoms with E-state index in [1.807, 2.05) is 24.4 Å². The summed E-state index contributed by atoms with van der Waals surface area (Å²) in [5.74, 6) is 1.12. The first-order valence-corrected chi connectivity index (χ1v) is 9.02. The average molecular weight is 351 g/mol. The summed E-state index contributed by atoms with van der Waals surface area (Å²) in [4.78, 5) is 23.8. The van der Waals surface area contributed by atoms with Crippen LogP contribution in [0, 0.1) is 5.92 Å². The zero-order chi connectivity index (χ0) is 18.4. The number of nitrogens with one attached hydrogen (secondary N) is 3. The fourth-order valence-corrected chi connectivity index (χ4v) is 2.81. The second kappa shape index (κ2) is 8.47. The van der Waals surface area contributed by atoms with Crippen molar-refractivity contribution in [3.05, 3.63) is 54.1 Å². The summed E-state index contributed by atoms with van der Waals surface area (Å²) >= 11 is 0. The number of anilines is 1. The van der Waals surface area contributed by atoms with Gasteiger partial charge >= 0.3 is 0 Å². The van der Waals surface area contributed by atoms with Gasteiger partial charge in [0.25, 0.3) is 5.91 Å². The lowest BCUT2D eigenvalue weighted by atomic mass is 10.1. The predicted octanol–water partition coefficient (Wildman–Crippen LogP) is 3.39. The molecule has 0 saturated carbocycles. The van der Waals surface area contributed by atoms with Crippen LogP contribution in [0.25, 0.3) is 10.9 Å². The molecular weight excluding hydrogens is 326 g/mol. The van der Waals surface area contributed by atoms with Crippen molar-refractivity contribution < 1.29 is 4.79 Å². The zero-order valence-corrected chi connectivity index (χ0v) is 15.2. The molecule has 0 aliphatic carbocycles. The summed E-state index contributed by atoms with van der Waals surface area (Å²) in [6, 6.07) is 9.86. The Labute approximate surface area is 153 Å². The minimum absolute atomic E-state index is 0.181. The van der Waals surface area contributed by atoms with Gasteiger partial charge in [-0.1, -0.05) is 32.0 Å². The van der Waals surface area contributed by atoms with Gasteiger partial charge in [-0.2, -0.15) is 0 Å². The van der Waals surface area contributed by atoms with Gasteiger partial charge in [-0.15, -0.1) is 0 Å². The van der Waals surface area contributed by atoms with Gasteiger partial charge in [-0.3, -0.25) is 4.79 Å². The van der Waals surface area contributed by atoms with Crippen LogP contribution in [0.1, 0.15) is 36.3 Å². The van der Waals surface area contributed by atoms with Crippen LogP contribution in [0.5, 0.6) is 0 Å². The van der Waals surface area contributed by atoms with E-state index in [0.717, 1.165) is 24.9 Å². The van der Waals surface area contributed by atoms with Gasteiger partial charge in [-0.25, -0.2) is 9.97 Å². The summed E-state index contributed by atoms with van der Waals surface area (Å²) in [6.45, 7) is 5.74. The molecule has 0 aliphatic rings. The summed E-state index contributed by atoms with van der Waals surface area (Å²) < 4.78 is 0. The van der Waals surface area contributed by atoms with Crippen LogP contribution in [0.2, 0.25) is 0 Å². The van der Waals surface area contributed by atoms with Crippen molar-refractivity contribution >= 4 is 22.6 Å². The summed E-state index contributed by atoms with van der Waals surface area (Å²) in [5.41, 5.74) is 2.69. The number of benzene rings is 1. The van der Waals surface area contributed by atoms with E-state index in [2.05, 4.69) is 45.5 Å². The first-order valence-electron chi connectivity index (χ1n) is 9.02. The van der Waals surface area contributed by atoms with Crippen LogP contribution in [0.3, 0.4) is 0 Å². The van der Waals surface area contributed by atoms with E-state index < -0.39 is 0 Å². The molecule has 3 N–H and O–H groups in total. The highest BCUT2D eigenvalue weighted by Gasteiger charge is 2.09. The molecule has 2 aromatic heterocycles. The topological polar surface area (TPSA) is 82.7 Å². The normalized spacial score (nSPS) is 11.0. The molecule has 0 saturated heterocycles. The van der Waals surface area contributed by atoms with Crippen LogP contribution in [0.4, 0.5) is 5.82 Å². The van der Waals surface area contributed by atoms with Crippen LogP contribution >= 0.6 is 0 Å². The van der Waals surface area contributed by atoms with Gasteiger partial charge in [0.05, 0.1) is 0 Å². The molecule has 26 heavy (non-hydrogen) atoms. The largest absolute Gasteiger partial charge is 0.370 e. The van der Waals surface area contributed by atoms with E-state index in [1.165, 1.54) is 17.3 Å². The fourth-order valence-electron chi connectivity index (χ4n) is 2.81. The second-order valence-corrected chi connectivity index (χ2v) is 6.76. The van der Waals surface area contributed by atoms with Crippen molar-refractivity contribution in [1.82, 2.24) is 20.3 Å². The number of para-hydroxylation sites is 1. The highest BCUT2D eigenvalue weighted by Crippen LogP contribution is 2.17. The Morgan fingerprint density at radius 2 is 2.04 bits per heavy atom. The molecule has 6 heteroatoms. The molecule has 0 spiro atoms. The van der Waals surface area contributed by atoms with Gasteiger partial charge in [-0.05, 0) is 30.4 Å². The Morgan fingerprint density at radius 3 is 2.88 bits per heavy atom. The highest BCUT2D eigenvalue weighted by atomic mass is 16.1. The van der Waals surface area contributed by atoms with Gasteiger partial charge in [0.2, 0.25) is 0 Å². The minimum Gasteiger partial charge on any atom is -0.370 e. The third-order valence-corrected chi connectivity index (χ3v) is 4.28. The Bertz CT molecular complexity index is 871. The number of carbonyl (C=O) groups is 1. The molecule has 1 aromatic carbocycles. The number of hydrogen-bond donors (Lipinski definition) is 3. The van der Waals surface area contributed by atoms with Crippen LogP contribution in [-0.4, -0.2) is 33.9 Å². The highest BCUT2D eigenvalue weighted by molar-refractivity contribution is 5.92. The molecule has 0 bridgehead atoms. The van der Waals surface area contributed by atoms with Crippen LogP contribution < -0.4 is 10.6 Å². The van der Waals surface area contributed by atoms with Gasteiger partial charge < -0.3 is 15.6 Å². The molecule has 0 radical (unpaired) electrons. The summed E-state index contributed by atoms with van der Waals surface area (Å²) in [6.07, 6.45) is 5.24. The van der Waals surface area contributed by atoms with Gasteiger partial charge in [0.1, 0.15) is 17.8 Å². The molecule has 136 valence electrons. The minimum atomic E-state index is -0.181. The number of nitrogens with zero attached hydrogens (tertiary/aromatic N) is 2. The Balaban J connectivity index is 1.53. The van der Waals surface area contributed by atoms with E-state index in [9.17, 15) is 4.79 Å². The first kappa shape index (κ1) is 17.9. The van der Waals surface area contributed by atoms with Gasteiger partial charge in [0.15, 0.2) is 0 Å². The third kappa shape index (κ3) is 4.59. The fraction of sp³-hybridized carbons (Fsp3) is 0.350. The molecule has 1 amide bonds. The van der Waals surface area contributed by atoms with Crippen molar-refractivity contribution in [3.8, 4) is 0 Å². The van der Waals surface area contributed by atoms with E-state index in [-0.39, 0.29) is 5.91 Å². The maximum Gasteiger partial charge on any atom is 0.270 e. The maximum absolute atomic E-state index is 12.3. The predicted molar refractivity (Wildman–Crippen MR) is 104 cm³/mol. The van der Waals surface area contributed by atoms with Crippen molar-refractivity contribution in [2.45, 2.75) is 26.7 Å². The number of H-pyrrole nitrogens is 1. The number of rotatable bonds is 8. The van der Waals surface area contributed by atoms with Crippen molar-refractivity contribution in [1.29, 1.82) is 0 Å². The third-order valence-electron chi connectivity index (χ3n) is 4.28. The van der Waals surface area contributed by atoms with Crippen molar-refractivity contribution in [3.63, 3.8) is 0 Å². The molecule has 0 fully saturated rings. The standard InChI is InChI=1S/C20H25N5O/c1-14(2)7-9-21-19-11-18(24-13-25-19)20(26)22-10-8-15-12-23-17-6-4-3-5-16(15)17/h3-6,11-14,23H,7-10H2,1-2H3,(H,22,26)(H,21,24,25). The lowest BCUT2D eigenvalue weighted by molar-refractivity contribution is 0.0949. The maximum atomic E-state index is 12.3. The Kier molecular flexibility index (Phi) is 5.84. The Hall–Kier alpha value is -2.89. The summed E-state index contributed by atoms with van der Waals surface area (Å²) in [7, 11) is 0. The molecule has 0 atom stereocenters. The monoisotopic (exact) mass is 351 g/mol. The number of amides is 1. The Morgan fingerprint density at radius 1 is 1.19 bits per heavy atom. The second-order valence-electron chi connectivity index (χ2n) is 6.76. The molecule has 0 unspecified atom stereocenters. The lowest BCUT2D eigenvalue weighted by Gasteiger charge is -2.09. The van der Waals surface area contributed by atoms with E-state index in [0.29, 0.717) is 24.0 Å². The van der Waals surface area contributed by atoms with E-state index >= 15 is 0 Å². The zero-order valence-electron chi connectivity index (χ0n) is 15.2. The SMILES string of the molecule is CC(C)CCNc1cc(C(=O)NCCc2c[nH]c3ccccc23)ncn1.